The molecule has 2 aromatic carbocycles. The summed E-state index contributed by atoms with van der Waals surface area (Å²) in [4.78, 5) is 1.94. The third-order valence-electron chi connectivity index (χ3n) is 3.17. The second kappa shape index (κ2) is 6.34. The monoisotopic (exact) mass is 259 g/mol. The standard InChI is InChI=1S/C16H18FNO/c1-18(15-9-5-8-14(17)12-15)11-10-16(19)13-6-3-2-4-7-13/h2-9,12,16,19H,10-11H2,1H3. The van der Waals surface area contributed by atoms with Crippen molar-refractivity contribution in [2.24, 2.45) is 0 Å². The summed E-state index contributed by atoms with van der Waals surface area (Å²) in [6.07, 6.45) is 0.119. The molecule has 1 atom stereocenters. The Bertz CT molecular complexity index is 515. The maximum absolute atomic E-state index is 13.1. The fourth-order valence-corrected chi connectivity index (χ4v) is 2.00. The van der Waals surface area contributed by atoms with Gasteiger partial charge in [0.05, 0.1) is 6.10 Å². The predicted octanol–water partition coefficient (Wildman–Crippen LogP) is 3.39. The normalized spacial score (nSPS) is 12.2. The predicted molar refractivity (Wildman–Crippen MR) is 75.7 cm³/mol. The fraction of sp³-hybridized carbons (Fsp3) is 0.250. The van der Waals surface area contributed by atoms with E-state index in [4.69, 9.17) is 0 Å². The van der Waals surface area contributed by atoms with E-state index >= 15 is 0 Å². The van der Waals surface area contributed by atoms with Crippen molar-refractivity contribution in [3.05, 3.63) is 66.0 Å². The summed E-state index contributed by atoms with van der Waals surface area (Å²) in [6.45, 7) is 0.666. The van der Waals surface area contributed by atoms with Gasteiger partial charge in [-0.05, 0) is 30.2 Å². The highest BCUT2D eigenvalue weighted by molar-refractivity contribution is 5.45. The lowest BCUT2D eigenvalue weighted by Crippen LogP contribution is -2.20. The van der Waals surface area contributed by atoms with Crippen molar-refractivity contribution in [1.29, 1.82) is 0 Å². The van der Waals surface area contributed by atoms with E-state index in [-0.39, 0.29) is 5.82 Å². The van der Waals surface area contributed by atoms with Crippen LogP contribution in [0, 0.1) is 5.82 Å². The van der Waals surface area contributed by atoms with Crippen LogP contribution in [0.4, 0.5) is 10.1 Å². The molecule has 0 aliphatic carbocycles. The Kier molecular flexibility index (Phi) is 4.53. The number of hydrogen-bond donors (Lipinski definition) is 1. The van der Waals surface area contributed by atoms with Crippen LogP contribution in [0.3, 0.4) is 0 Å². The molecule has 1 unspecified atom stereocenters. The molecule has 1 N–H and O–H groups in total. The molecule has 0 saturated carbocycles. The fourth-order valence-electron chi connectivity index (χ4n) is 2.00. The van der Waals surface area contributed by atoms with Crippen molar-refractivity contribution >= 4 is 5.69 Å². The summed E-state index contributed by atoms with van der Waals surface area (Å²) in [6, 6.07) is 16.0. The number of halogens is 1. The van der Waals surface area contributed by atoms with Gasteiger partial charge in [-0.3, -0.25) is 0 Å². The third-order valence-corrected chi connectivity index (χ3v) is 3.17. The Labute approximate surface area is 113 Å². The van der Waals surface area contributed by atoms with Crippen molar-refractivity contribution in [2.45, 2.75) is 12.5 Å². The van der Waals surface area contributed by atoms with Gasteiger partial charge in [0.2, 0.25) is 0 Å². The minimum absolute atomic E-state index is 0.243. The average molecular weight is 259 g/mol. The number of nitrogens with zero attached hydrogens (tertiary/aromatic N) is 1. The zero-order valence-corrected chi connectivity index (χ0v) is 11.0. The Morgan fingerprint density at radius 2 is 1.84 bits per heavy atom. The largest absolute Gasteiger partial charge is 0.388 e. The van der Waals surface area contributed by atoms with E-state index in [1.54, 1.807) is 6.07 Å². The van der Waals surface area contributed by atoms with Crippen LogP contribution < -0.4 is 4.90 Å². The van der Waals surface area contributed by atoms with Crippen molar-refractivity contribution in [2.75, 3.05) is 18.5 Å². The number of hydrogen-bond acceptors (Lipinski definition) is 2. The number of benzene rings is 2. The lowest BCUT2D eigenvalue weighted by molar-refractivity contribution is 0.170. The molecule has 3 heteroatoms. The molecule has 2 aromatic rings. The van der Waals surface area contributed by atoms with Gasteiger partial charge in [0.15, 0.2) is 0 Å². The van der Waals surface area contributed by atoms with Gasteiger partial charge in [0.1, 0.15) is 5.82 Å². The zero-order valence-electron chi connectivity index (χ0n) is 11.0. The van der Waals surface area contributed by atoms with Crippen LogP contribution in [0.5, 0.6) is 0 Å². The van der Waals surface area contributed by atoms with E-state index in [0.717, 1.165) is 11.3 Å². The molecule has 0 fully saturated rings. The highest BCUT2D eigenvalue weighted by Crippen LogP contribution is 2.19. The maximum Gasteiger partial charge on any atom is 0.125 e. The van der Waals surface area contributed by atoms with Crippen LogP contribution in [0.1, 0.15) is 18.1 Å². The molecule has 0 heterocycles. The molecule has 0 saturated heterocycles. The zero-order chi connectivity index (χ0) is 13.7. The Balaban J connectivity index is 1.92. The number of anilines is 1. The summed E-state index contributed by atoms with van der Waals surface area (Å²) in [5.41, 5.74) is 1.73. The van der Waals surface area contributed by atoms with E-state index in [2.05, 4.69) is 0 Å². The quantitative estimate of drug-likeness (QED) is 0.889. The van der Waals surface area contributed by atoms with Gasteiger partial charge in [-0.25, -0.2) is 4.39 Å². The number of rotatable bonds is 5. The van der Waals surface area contributed by atoms with Crippen LogP contribution >= 0.6 is 0 Å². The van der Waals surface area contributed by atoms with Crippen LogP contribution in [0.25, 0.3) is 0 Å². The highest BCUT2D eigenvalue weighted by atomic mass is 19.1. The van der Waals surface area contributed by atoms with Gasteiger partial charge in [-0.1, -0.05) is 36.4 Å². The summed E-state index contributed by atoms with van der Waals surface area (Å²) >= 11 is 0. The molecule has 0 radical (unpaired) electrons. The first-order valence-electron chi connectivity index (χ1n) is 6.36. The minimum atomic E-state index is -0.489. The Morgan fingerprint density at radius 3 is 2.53 bits per heavy atom. The molecule has 0 aliphatic heterocycles. The molecule has 0 aliphatic rings. The van der Waals surface area contributed by atoms with Crippen LogP contribution in [0.15, 0.2) is 54.6 Å². The van der Waals surface area contributed by atoms with E-state index in [1.165, 1.54) is 12.1 Å². The highest BCUT2D eigenvalue weighted by Gasteiger charge is 2.09. The first kappa shape index (κ1) is 13.6. The summed E-state index contributed by atoms with van der Waals surface area (Å²) < 4.78 is 13.1. The Morgan fingerprint density at radius 1 is 1.11 bits per heavy atom. The molecule has 2 rings (SSSR count). The molecule has 0 bridgehead atoms. The number of aliphatic hydroxyl groups is 1. The summed E-state index contributed by atoms with van der Waals surface area (Å²) in [5.74, 6) is -0.243. The summed E-state index contributed by atoms with van der Waals surface area (Å²) in [7, 11) is 1.90. The smallest absolute Gasteiger partial charge is 0.125 e. The average Bonchev–Trinajstić information content (AvgIpc) is 2.45. The van der Waals surface area contributed by atoms with E-state index < -0.39 is 6.10 Å². The first-order valence-corrected chi connectivity index (χ1v) is 6.36. The molecule has 0 amide bonds. The molecular weight excluding hydrogens is 241 g/mol. The molecule has 0 spiro atoms. The van der Waals surface area contributed by atoms with Crippen LogP contribution in [-0.2, 0) is 0 Å². The lowest BCUT2D eigenvalue weighted by Gasteiger charge is -2.21. The topological polar surface area (TPSA) is 23.5 Å². The van der Waals surface area contributed by atoms with Gasteiger partial charge >= 0.3 is 0 Å². The third kappa shape index (κ3) is 3.80. The molecular formula is C16H18FNO. The maximum atomic E-state index is 13.1. The van der Waals surface area contributed by atoms with Crippen LogP contribution in [0.2, 0.25) is 0 Å². The second-order valence-electron chi connectivity index (χ2n) is 4.62. The van der Waals surface area contributed by atoms with Gasteiger partial charge in [0, 0.05) is 19.3 Å². The minimum Gasteiger partial charge on any atom is -0.388 e. The van der Waals surface area contributed by atoms with Gasteiger partial charge in [-0.2, -0.15) is 0 Å². The molecule has 2 nitrogen and oxygen atoms in total. The van der Waals surface area contributed by atoms with Gasteiger partial charge < -0.3 is 10.0 Å². The second-order valence-corrected chi connectivity index (χ2v) is 4.62. The van der Waals surface area contributed by atoms with Crippen molar-refractivity contribution in [3.8, 4) is 0 Å². The van der Waals surface area contributed by atoms with E-state index in [1.807, 2.05) is 48.3 Å². The summed E-state index contributed by atoms with van der Waals surface area (Å²) in [5, 5.41) is 10.1. The van der Waals surface area contributed by atoms with Crippen molar-refractivity contribution < 1.29 is 9.50 Å². The Hall–Kier alpha value is -1.87. The van der Waals surface area contributed by atoms with Gasteiger partial charge in [-0.15, -0.1) is 0 Å². The molecule has 19 heavy (non-hydrogen) atoms. The van der Waals surface area contributed by atoms with Gasteiger partial charge in [0.25, 0.3) is 0 Å². The molecule has 100 valence electrons. The SMILES string of the molecule is CN(CCC(O)c1ccccc1)c1cccc(F)c1. The lowest BCUT2D eigenvalue weighted by atomic mass is 10.1. The van der Waals surface area contributed by atoms with Crippen LogP contribution in [-0.4, -0.2) is 18.7 Å². The van der Waals surface area contributed by atoms with Crippen molar-refractivity contribution in [1.82, 2.24) is 0 Å². The van der Waals surface area contributed by atoms with E-state index in [9.17, 15) is 9.50 Å². The molecule has 0 aromatic heterocycles. The first-order chi connectivity index (χ1) is 9.16. The number of aliphatic hydroxyl groups excluding tert-OH is 1. The van der Waals surface area contributed by atoms with Crippen molar-refractivity contribution in [3.63, 3.8) is 0 Å². The van der Waals surface area contributed by atoms with E-state index in [0.29, 0.717) is 13.0 Å².